The monoisotopic (exact) mass is 188 g/mol. The maximum absolute atomic E-state index is 5.23. The molecule has 1 heteroatoms. The summed E-state index contributed by atoms with van der Waals surface area (Å²) in [4.78, 5) is 0. The van der Waals surface area contributed by atoms with E-state index in [9.17, 15) is 0 Å². The molecule has 0 spiro atoms. The van der Waals surface area contributed by atoms with Crippen LogP contribution in [0, 0.1) is 0 Å². The van der Waals surface area contributed by atoms with E-state index in [1.807, 2.05) is 0 Å². The maximum atomic E-state index is 5.23. The summed E-state index contributed by atoms with van der Waals surface area (Å²) in [5.41, 5.74) is 4.16. The zero-order chi connectivity index (χ0) is 9.97. The molecule has 1 aromatic rings. The van der Waals surface area contributed by atoms with Gasteiger partial charge in [-0.15, -0.1) is 0 Å². The second-order valence-electron chi connectivity index (χ2n) is 3.93. The summed E-state index contributed by atoms with van der Waals surface area (Å²) in [6.07, 6.45) is 1.58. The number of ether oxygens (including phenoxy) is 1. The minimum atomic E-state index is 0.494. The van der Waals surface area contributed by atoms with Crippen molar-refractivity contribution in [2.75, 3.05) is 6.61 Å². The normalized spacial score (nSPS) is 21.7. The van der Waals surface area contributed by atoms with Gasteiger partial charge in [-0.1, -0.05) is 35.9 Å². The Kier molecular flexibility index (Phi) is 2.69. The molecule has 0 radical (unpaired) electrons. The molecule has 1 unspecified atom stereocenters. The van der Waals surface area contributed by atoms with E-state index in [-0.39, 0.29) is 0 Å². The Labute approximate surface area is 85.4 Å². The fourth-order valence-corrected chi connectivity index (χ4v) is 1.62. The number of allylic oxidation sites excluding steroid dienone is 1. The summed E-state index contributed by atoms with van der Waals surface area (Å²) in [7, 11) is 0. The van der Waals surface area contributed by atoms with E-state index < -0.39 is 0 Å². The van der Waals surface area contributed by atoms with Crippen molar-refractivity contribution in [3.8, 4) is 0 Å². The SMILES string of the molecule is CC(CC1CO1)=C(C)c1ccccc1. The Balaban J connectivity index is 2.15. The van der Waals surface area contributed by atoms with Crippen LogP contribution in [0.5, 0.6) is 0 Å². The molecule has 0 saturated carbocycles. The first kappa shape index (κ1) is 9.47. The molecule has 0 amide bonds. The predicted molar refractivity (Wildman–Crippen MR) is 59.1 cm³/mol. The predicted octanol–water partition coefficient (Wildman–Crippen LogP) is 3.27. The Bertz CT molecular complexity index is 334. The van der Waals surface area contributed by atoms with Gasteiger partial charge in [0.1, 0.15) is 0 Å². The van der Waals surface area contributed by atoms with Crippen molar-refractivity contribution < 1.29 is 4.74 Å². The minimum Gasteiger partial charge on any atom is -0.373 e. The fraction of sp³-hybridized carbons (Fsp3) is 0.385. The van der Waals surface area contributed by atoms with E-state index >= 15 is 0 Å². The van der Waals surface area contributed by atoms with Crippen LogP contribution in [0.25, 0.3) is 5.57 Å². The van der Waals surface area contributed by atoms with Crippen molar-refractivity contribution in [1.29, 1.82) is 0 Å². The van der Waals surface area contributed by atoms with Gasteiger partial charge >= 0.3 is 0 Å². The van der Waals surface area contributed by atoms with Crippen molar-refractivity contribution in [3.05, 3.63) is 41.5 Å². The molecule has 1 saturated heterocycles. The lowest BCUT2D eigenvalue weighted by molar-refractivity contribution is 0.407. The third kappa shape index (κ3) is 2.24. The lowest BCUT2D eigenvalue weighted by Gasteiger charge is -2.06. The quantitative estimate of drug-likeness (QED) is 0.663. The van der Waals surface area contributed by atoms with Crippen LogP contribution in [-0.2, 0) is 4.74 Å². The molecule has 74 valence electrons. The molecule has 1 fully saturated rings. The van der Waals surface area contributed by atoms with Gasteiger partial charge in [-0.25, -0.2) is 0 Å². The molecule has 1 nitrogen and oxygen atoms in total. The largest absolute Gasteiger partial charge is 0.373 e. The molecule has 1 atom stereocenters. The van der Waals surface area contributed by atoms with Crippen LogP contribution in [0.1, 0.15) is 25.8 Å². The summed E-state index contributed by atoms with van der Waals surface area (Å²) < 4.78 is 5.23. The topological polar surface area (TPSA) is 12.5 Å². The van der Waals surface area contributed by atoms with Gasteiger partial charge in [-0.2, -0.15) is 0 Å². The van der Waals surface area contributed by atoms with Crippen molar-refractivity contribution in [2.24, 2.45) is 0 Å². The number of benzene rings is 1. The van der Waals surface area contributed by atoms with Gasteiger partial charge in [0.25, 0.3) is 0 Å². The number of epoxide rings is 1. The second-order valence-corrected chi connectivity index (χ2v) is 3.93. The average Bonchev–Trinajstić information content (AvgIpc) is 3.02. The van der Waals surface area contributed by atoms with Crippen molar-refractivity contribution in [3.63, 3.8) is 0 Å². The van der Waals surface area contributed by atoms with Crippen LogP contribution in [0.4, 0.5) is 0 Å². The molecular weight excluding hydrogens is 172 g/mol. The van der Waals surface area contributed by atoms with Gasteiger partial charge in [-0.05, 0) is 31.4 Å². The van der Waals surface area contributed by atoms with Gasteiger partial charge in [0.2, 0.25) is 0 Å². The molecule has 1 aromatic carbocycles. The van der Waals surface area contributed by atoms with Crippen LogP contribution in [0.15, 0.2) is 35.9 Å². The molecule has 0 aromatic heterocycles. The molecule has 1 aliphatic heterocycles. The average molecular weight is 188 g/mol. The lowest BCUT2D eigenvalue weighted by atomic mass is 10.00. The Morgan fingerprint density at radius 3 is 2.50 bits per heavy atom. The van der Waals surface area contributed by atoms with Gasteiger partial charge in [0.05, 0.1) is 12.7 Å². The third-order valence-electron chi connectivity index (χ3n) is 2.78. The van der Waals surface area contributed by atoms with Crippen LogP contribution in [-0.4, -0.2) is 12.7 Å². The highest BCUT2D eigenvalue weighted by Crippen LogP contribution is 2.25. The first-order valence-electron chi connectivity index (χ1n) is 5.11. The van der Waals surface area contributed by atoms with E-state index in [4.69, 9.17) is 4.74 Å². The Morgan fingerprint density at radius 1 is 1.29 bits per heavy atom. The zero-order valence-corrected chi connectivity index (χ0v) is 8.79. The highest BCUT2D eigenvalue weighted by Gasteiger charge is 2.22. The third-order valence-corrected chi connectivity index (χ3v) is 2.78. The summed E-state index contributed by atoms with van der Waals surface area (Å²) in [6.45, 7) is 5.33. The number of hydrogen-bond donors (Lipinski definition) is 0. The summed E-state index contributed by atoms with van der Waals surface area (Å²) in [6, 6.07) is 10.5. The van der Waals surface area contributed by atoms with Crippen molar-refractivity contribution >= 4 is 5.57 Å². The summed E-state index contributed by atoms with van der Waals surface area (Å²) in [5, 5.41) is 0. The van der Waals surface area contributed by atoms with Crippen molar-refractivity contribution in [1.82, 2.24) is 0 Å². The Morgan fingerprint density at radius 2 is 1.93 bits per heavy atom. The maximum Gasteiger partial charge on any atom is 0.0847 e. The van der Waals surface area contributed by atoms with E-state index in [1.54, 1.807) is 0 Å². The van der Waals surface area contributed by atoms with Gasteiger partial charge in [0, 0.05) is 0 Å². The summed E-state index contributed by atoms with van der Waals surface area (Å²) >= 11 is 0. The molecule has 0 aliphatic carbocycles. The minimum absolute atomic E-state index is 0.494. The molecule has 0 bridgehead atoms. The van der Waals surface area contributed by atoms with Gasteiger partial charge in [0.15, 0.2) is 0 Å². The van der Waals surface area contributed by atoms with E-state index in [2.05, 4.69) is 44.2 Å². The number of rotatable bonds is 3. The lowest BCUT2D eigenvalue weighted by Crippen LogP contribution is -1.90. The zero-order valence-electron chi connectivity index (χ0n) is 8.79. The molecule has 0 N–H and O–H groups in total. The Hall–Kier alpha value is -1.08. The second kappa shape index (κ2) is 3.97. The molecular formula is C13H16O. The van der Waals surface area contributed by atoms with Gasteiger partial charge in [-0.3, -0.25) is 0 Å². The summed E-state index contributed by atoms with van der Waals surface area (Å²) in [5.74, 6) is 0. The van der Waals surface area contributed by atoms with E-state index in [0.29, 0.717) is 6.10 Å². The van der Waals surface area contributed by atoms with Crippen LogP contribution >= 0.6 is 0 Å². The van der Waals surface area contributed by atoms with Crippen LogP contribution < -0.4 is 0 Å². The van der Waals surface area contributed by atoms with E-state index in [0.717, 1.165) is 13.0 Å². The molecule has 1 aliphatic rings. The standard InChI is InChI=1S/C13H16O/c1-10(8-13-9-14-13)11(2)12-6-4-3-5-7-12/h3-7,13H,8-9H2,1-2H3. The van der Waals surface area contributed by atoms with Crippen molar-refractivity contribution in [2.45, 2.75) is 26.4 Å². The highest BCUT2D eigenvalue weighted by atomic mass is 16.6. The number of hydrogen-bond acceptors (Lipinski definition) is 1. The van der Waals surface area contributed by atoms with Crippen LogP contribution in [0.2, 0.25) is 0 Å². The highest BCUT2D eigenvalue weighted by molar-refractivity contribution is 5.66. The fourth-order valence-electron chi connectivity index (χ4n) is 1.62. The van der Waals surface area contributed by atoms with Gasteiger partial charge < -0.3 is 4.74 Å². The molecule has 14 heavy (non-hydrogen) atoms. The van der Waals surface area contributed by atoms with Crippen LogP contribution in [0.3, 0.4) is 0 Å². The smallest absolute Gasteiger partial charge is 0.0847 e. The first-order valence-corrected chi connectivity index (χ1v) is 5.11. The first-order chi connectivity index (χ1) is 6.77. The molecule has 2 rings (SSSR count). The van der Waals surface area contributed by atoms with E-state index in [1.165, 1.54) is 16.7 Å². The molecule has 1 heterocycles.